The molecular formula is C19H17N3O4. The van der Waals surface area contributed by atoms with E-state index in [2.05, 4.69) is 10.3 Å². The van der Waals surface area contributed by atoms with E-state index in [-0.39, 0.29) is 12.3 Å². The van der Waals surface area contributed by atoms with Crippen molar-refractivity contribution in [2.24, 2.45) is 0 Å². The second kappa shape index (κ2) is 6.51. The molecule has 0 bridgehead atoms. The summed E-state index contributed by atoms with van der Waals surface area (Å²) in [6, 6.07) is 12.1. The summed E-state index contributed by atoms with van der Waals surface area (Å²) in [7, 11) is 0. The van der Waals surface area contributed by atoms with Crippen molar-refractivity contribution >= 4 is 28.2 Å². The molecule has 3 aromatic rings. The number of anilines is 1. The van der Waals surface area contributed by atoms with E-state index >= 15 is 0 Å². The molecule has 2 heterocycles. The van der Waals surface area contributed by atoms with Crippen molar-refractivity contribution in [1.29, 1.82) is 0 Å². The van der Waals surface area contributed by atoms with Gasteiger partial charge in [0.15, 0.2) is 0 Å². The number of nitro groups is 1. The van der Waals surface area contributed by atoms with Gasteiger partial charge in [0.2, 0.25) is 0 Å². The van der Waals surface area contributed by atoms with Crippen LogP contribution in [0.1, 0.15) is 21.6 Å². The molecule has 0 amide bonds. The SMILES string of the molecule is O=C(OCCc1ccc([N+](=O)[O-])cc1)c1cc2c3c(ccc2[nH]1)NCC3. The summed E-state index contributed by atoms with van der Waals surface area (Å²) in [6.45, 7) is 1.13. The molecule has 4 rings (SSSR count). The Morgan fingerprint density at radius 3 is 2.77 bits per heavy atom. The molecule has 2 aromatic carbocycles. The molecule has 26 heavy (non-hydrogen) atoms. The standard InChI is InChI=1S/C19H17N3O4/c23-19(26-10-8-12-1-3-13(4-2-12)22(24)25)18-11-15-14-7-9-20-16(14)5-6-17(15)21-18/h1-6,11,20-21H,7-10H2. The van der Waals surface area contributed by atoms with E-state index < -0.39 is 10.9 Å². The van der Waals surface area contributed by atoms with Crippen LogP contribution in [0.5, 0.6) is 0 Å². The van der Waals surface area contributed by atoms with E-state index in [0.29, 0.717) is 12.1 Å². The van der Waals surface area contributed by atoms with Crippen LogP contribution in [0.25, 0.3) is 10.9 Å². The number of nitrogens with zero attached hydrogens (tertiary/aromatic N) is 1. The molecule has 1 aromatic heterocycles. The minimum atomic E-state index is -0.439. The van der Waals surface area contributed by atoms with Gasteiger partial charge in [0.1, 0.15) is 5.69 Å². The molecule has 0 saturated heterocycles. The van der Waals surface area contributed by atoms with Crippen molar-refractivity contribution in [2.45, 2.75) is 12.8 Å². The maximum absolute atomic E-state index is 12.3. The second-order valence-corrected chi connectivity index (χ2v) is 6.22. The van der Waals surface area contributed by atoms with Gasteiger partial charge in [-0.25, -0.2) is 4.79 Å². The Hall–Kier alpha value is -3.35. The average molecular weight is 351 g/mol. The van der Waals surface area contributed by atoms with Gasteiger partial charge in [-0.05, 0) is 35.7 Å². The highest BCUT2D eigenvalue weighted by atomic mass is 16.6. The Balaban J connectivity index is 1.40. The molecule has 1 aliphatic rings. The number of rotatable bonds is 5. The topological polar surface area (TPSA) is 97.3 Å². The number of hydrogen-bond acceptors (Lipinski definition) is 5. The zero-order chi connectivity index (χ0) is 18.1. The summed E-state index contributed by atoms with van der Waals surface area (Å²) >= 11 is 0. The predicted octanol–water partition coefficient (Wildman–Crippen LogP) is 3.44. The highest BCUT2D eigenvalue weighted by Crippen LogP contribution is 2.30. The molecule has 0 aliphatic carbocycles. The van der Waals surface area contributed by atoms with Gasteiger partial charge in [0, 0.05) is 41.7 Å². The predicted molar refractivity (Wildman–Crippen MR) is 97.6 cm³/mol. The summed E-state index contributed by atoms with van der Waals surface area (Å²) in [5.41, 5.74) is 4.63. The van der Waals surface area contributed by atoms with Crippen molar-refractivity contribution < 1.29 is 14.5 Å². The Bertz CT molecular complexity index is 992. The van der Waals surface area contributed by atoms with Crippen LogP contribution < -0.4 is 5.32 Å². The minimum Gasteiger partial charge on any atom is -0.461 e. The fraction of sp³-hybridized carbons (Fsp3) is 0.211. The normalized spacial score (nSPS) is 12.6. The number of aromatic nitrogens is 1. The summed E-state index contributed by atoms with van der Waals surface area (Å²) in [5, 5.41) is 15.0. The zero-order valence-electron chi connectivity index (χ0n) is 14.0. The molecular weight excluding hydrogens is 334 g/mol. The van der Waals surface area contributed by atoms with E-state index in [0.717, 1.165) is 35.1 Å². The maximum Gasteiger partial charge on any atom is 0.354 e. The monoisotopic (exact) mass is 351 g/mol. The van der Waals surface area contributed by atoms with Crippen LogP contribution >= 0.6 is 0 Å². The number of carbonyl (C=O) groups is 1. The van der Waals surface area contributed by atoms with Crippen LogP contribution in [-0.4, -0.2) is 29.0 Å². The lowest BCUT2D eigenvalue weighted by Crippen LogP contribution is -2.08. The number of aromatic amines is 1. The summed E-state index contributed by atoms with van der Waals surface area (Å²) in [5.74, 6) is -0.400. The first-order chi connectivity index (χ1) is 12.6. The summed E-state index contributed by atoms with van der Waals surface area (Å²) in [6.07, 6.45) is 1.45. The molecule has 0 spiro atoms. The number of benzene rings is 2. The Labute approximate surface area is 149 Å². The zero-order valence-corrected chi connectivity index (χ0v) is 14.0. The van der Waals surface area contributed by atoms with E-state index in [9.17, 15) is 14.9 Å². The van der Waals surface area contributed by atoms with Crippen LogP contribution in [-0.2, 0) is 17.6 Å². The third-order valence-electron chi connectivity index (χ3n) is 4.60. The summed E-state index contributed by atoms with van der Waals surface area (Å²) in [4.78, 5) is 25.6. The Morgan fingerprint density at radius 1 is 1.19 bits per heavy atom. The molecule has 0 unspecified atom stereocenters. The van der Waals surface area contributed by atoms with Crippen molar-refractivity contribution in [2.75, 3.05) is 18.5 Å². The third-order valence-corrected chi connectivity index (χ3v) is 4.60. The molecule has 0 radical (unpaired) electrons. The van der Waals surface area contributed by atoms with E-state index in [1.165, 1.54) is 17.7 Å². The van der Waals surface area contributed by atoms with Crippen molar-refractivity contribution in [3.05, 3.63) is 69.4 Å². The number of hydrogen-bond donors (Lipinski definition) is 2. The van der Waals surface area contributed by atoms with Gasteiger partial charge < -0.3 is 15.0 Å². The highest BCUT2D eigenvalue weighted by molar-refractivity contribution is 5.98. The average Bonchev–Trinajstić information content (AvgIpc) is 3.28. The number of esters is 1. The first-order valence-electron chi connectivity index (χ1n) is 8.41. The van der Waals surface area contributed by atoms with Gasteiger partial charge in [-0.1, -0.05) is 12.1 Å². The number of non-ortho nitro benzene ring substituents is 1. The molecule has 7 nitrogen and oxygen atoms in total. The van der Waals surface area contributed by atoms with E-state index in [4.69, 9.17) is 4.74 Å². The first-order valence-corrected chi connectivity index (χ1v) is 8.41. The third kappa shape index (κ3) is 2.99. The summed E-state index contributed by atoms with van der Waals surface area (Å²) < 4.78 is 5.34. The number of nitro benzene ring substituents is 1. The Morgan fingerprint density at radius 2 is 2.00 bits per heavy atom. The number of carbonyl (C=O) groups excluding carboxylic acids is 1. The van der Waals surface area contributed by atoms with Crippen molar-refractivity contribution in [3.63, 3.8) is 0 Å². The number of H-pyrrole nitrogens is 1. The molecule has 1 aliphatic heterocycles. The number of fused-ring (bicyclic) bond motifs is 3. The second-order valence-electron chi connectivity index (χ2n) is 6.22. The molecule has 7 heteroatoms. The van der Waals surface area contributed by atoms with Crippen LogP contribution in [0, 0.1) is 10.1 Å². The maximum atomic E-state index is 12.3. The molecule has 2 N–H and O–H groups in total. The van der Waals surface area contributed by atoms with Crippen LogP contribution in [0.4, 0.5) is 11.4 Å². The van der Waals surface area contributed by atoms with Gasteiger partial charge in [0.05, 0.1) is 11.5 Å². The Kier molecular flexibility index (Phi) is 4.04. The van der Waals surface area contributed by atoms with Gasteiger partial charge >= 0.3 is 5.97 Å². The van der Waals surface area contributed by atoms with Gasteiger partial charge in [-0.15, -0.1) is 0 Å². The van der Waals surface area contributed by atoms with Crippen LogP contribution in [0.3, 0.4) is 0 Å². The van der Waals surface area contributed by atoms with E-state index in [1.54, 1.807) is 12.1 Å². The van der Waals surface area contributed by atoms with Crippen molar-refractivity contribution in [1.82, 2.24) is 4.98 Å². The van der Waals surface area contributed by atoms with Gasteiger partial charge in [-0.3, -0.25) is 10.1 Å². The fourth-order valence-electron chi connectivity index (χ4n) is 3.25. The highest BCUT2D eigenvalue weighted by Gasteiger charge is 2.17. The quantitative estimate of drug-likeness (QED) is 0.417. The first kappa shape index (κ1) is 16.1. The lowest BCUT2D eigenvalue weighted by atomic mass is 10.1. The molecule has 0 fully saturated rings. The lowest BCUT2D eigenvalue weighted by molar-refractivity contribution is -0.384. The van der Waals surface area contributed by atoms with Gasteiger partial charge in [-0.2, -0.15) is 0 Å². The van der Waals surface area contributed by atoms with Crippen molar-refractivity contribution in [3.8, 4) is 0 Å². The smallest absolute Gasteiger partial charge is 0.354 e. The fourth-order valence-corrected chi connectivity index (χ4v) is 3.25. The minimum absolute atomic E-state index is 0.0471. The number of ether oxygens (including phenoxy) is 1. The number of nitrogens with one attached hydrogen (secondary N) is 2. The molecule has 0 atom stereocenters. The molecule has 132 valence electrons. The van der Waals surface area contributed by atoms with Crippen LogP contribution in [0.15, 0.2) is 42.5 Å². The molecule has 0 saturated carbocycles. The van der Waals surface area contributed by atoms with Crippen LogP contribution in [0.2, 0.25) is 0 Å². The largest absolute Gasteiger partial charge is 0.461 e. The lowest BCUT2D eigenvalue weighted by Gasteiger charge is -2.03. The van der Waals surface area contributed by atoms with E-state index in [1.807, 2.05) is 18.2 Å². The van der Waals surface area contributed by atoms with Gasteiger partial charge in [0.25, 0.3) is 5.69 Å².